The van der Waals surface area contributed by atoms with Crippen LogP contribution in [0.15, 0.2) is 10.9 Å². The summed E-state index contributed by atoms with van der Waals surface area (Å²) in [6.07, 6.45) is 4.64. The summed E-state index contributed by atoms with van der Waals surface area (Å²) < 4.78 is 0. The van der Waals surface area contributed by atoms with Crippen molar-refractivity contribution in [3.63, 3.8) is 0 Å². The zero-order chi connectivity index (χ0) is 18.5. The summed E-state index contributed by atoms with van der Waals surface area (Å²) in [5.41, 5.74) is 2.19. The standard InChI is InChI=1S/C18H29N5O2S/c1-20(2)18(25)23(11-10-21-7-4-3-5-8-21)15-6-9-22(12-15)17(24)16-13-26-14-19-16/h13-15H,3-12H2,1-2H3. The van der Waals surface area contributed by atoms with Gasteiger partial charge >= 0.3 is 6.03 Å². The molecular weight excluding hydrogens is 350 g/mol. The van der Waals surface area contributed by atoms with Crippen LogP contribution in [0.2, 0.25) is 0 Å². The summed E-state index contributed by atoms with van der Waals surface area (Å²) >= 11 is 1.43. The van der Waals surface area contributed by atoms with Gasteiger partial charge in [-0.3, -0.25) is 4.79 Å². The Kier molecular flexibility index (Phi) is 6.48. The molecule has 0 N–H and O–H groups in total. The van der Waals surface area contributed by atoms with Crippen LogP contribution in [0.5, 0.6) is 0 Å². The molecule has 2 fully saturated rings. The highest BCUT2D eigenvalue weighted by molar-refractivity contribution is 7.07. The lowest BCUT2D eigenvalue weighted by molar-refractivity contribution is 0.0768. The SMILES string of the molecule is CN(C)C(=O)N(CCN1CCCCC1)C1CCN(C(=O)c2cscn2)C1. The molecule has 3 rings (SSSR count). The lowest BCUT2D eigenvalue weighted by Gasteiger charge is -2.34. The lowest BCUT2D eigenvalue weighted by Crippen LogP contribution is -2.50. The first-order valence-corrected chi connectivity index (χ1v) is 10.4. The average molecular weight is 380 g/mol. The summed E-state index contributed by atoms with van der Waals surface area (Å²) in [4.78, 5) is 37.3. The largest absolute Gasteiger partial charge is 0.335 e. The smallest absolute Gasteiger partial charge is 0.319 e. The average Bonchev–Trinajstić information content (AvgIpc) is 3.34. The van der Waals surface area contributed by atoms with Crippen LogP contribution in [0.1, 0.15) is 36.2 Å². The molecule has 1 atom stereocenters. The van der Waals surface area contributed by atoms with Gasteiger partial charge in [0.25, 0.3) is 5.91 Å². The first kappa shape index (κ1) is 19.1. The van der Waals surface area contributed by atoms with Crippen molar-refractivity contribution >= 4 is 23.3 Å². The molecule has 2 aliphatic heterocycles. The molecule has 0 aromatic carbocycles. The van der Waals surface area contributed by atoms with Crippen molar-refractivity contribution in [2.45, 2.75) is 31.7 Å². The van der Waals surface area contributed by atoms with Gasteiger partial charge in [0.15, 0.2) is 0 Å². The molecule has 3 heterocycles. The number of hydrogen-bond acceptors (Lipinski definition) is 5. The van der Waals surface area contributed by atoms with Crippen LogP contribution in [-0.2, 0) is 0 Å². The molecular formula is C18H29N5O2S. The second kappa shape index (κ2) is 8.81. The summed E-state index contributed by atoms with van der Waals surface area (Å²) in [5.74, 6) is -0.0259. The first-order chi connectivity index (χ1) is 12.6. The van der Waals surface area contributed by atoms with Gasteiger partial charge in [-0.1, -0.05) is 6.42 Å². The van der Waals surface area contributed by atoms with Crippen LogP contribution in [-0.4, -0.2) is 95.9 Å². The number of thiazole rings is 1. The van der Waals surface area contributed by atoms with Gasteiger partial charge in [-0.2, -0.15) is 0 Å². The molecule has 0 radical (unpaired) electrons. The number of carbonyl (C=O) groups is 2. The van der Waals surface area contributed by atoms with E-state index < -0.39 is 0 Å². The van der Waals surface area contributed by atoms with Crippen LogP contribution in [0.4, 0.5) is 4.79 Å². The first-order valence-electron chi connectivity index (χ1n) is 9.44. The Morgan fingerprint density at radius 2 is 2.00 bits per heavy atom. The van der Waals surface area contributed by atoms with Crippen molar-refractivity contribution in [2.75, 3.05) is 53.4 Å². The van der Waals surface area contributed by atoms with Crippen LogP contribution >= 0.6 is 11.3 Å². The maximum Gasteiger partial charge on any atom is 0.319 e. The van der Waals surface area contributed by atoms with Gasteiger partial charge in [0.05, 0.1) is 11.6 Å². The van der Waals surface area contributed by atoms with Gasteiger partial charge < -0.3 is 19.6 Å². The minimum Gasteiger partial charge on any atom is -0.335 e. The molecule has 26 heavy (non-hydrogen) atoms. The number of nitrogens with zero attached hydrogens (tertiary/aromatic N) is 5. The number of hydrogen-bond donors (Lipinski definition) is 0. The Morgan fingerprint density at radius 1 is 1.23 bits per heavy atom. The number of carbonyl (C=O) groups excluding carboxylic acids is 2. The van der Waals surface area contributed by atoms with Gasteiger partial charge in [0.2, 0.25) is 0 Å². The fraction of sp³-hybridized carbons (Fsp3) is 0.722. The second-order valence-corrected chi connectivity index (χ2v) is 8.06. The van der Waals surface area contributed by atoms with Crippen molar-refractivity contribution in [1.82, 2.24) is 24.6 Å². The number of amides is 3. The minimum absolute atomic E-state index is 0.0259. The molecule has 2 aliphatic rings. The van der Waals surface area contributed by atoms with E-state index in [2.05, 4.69) is 9.88 Å². The van der Waals surface area contributed by atoms with Crippen molar-refractivity contribution in [1.29, 1.82) is 0 Å². The zero-order valence-corrected chi connectivity index (χ0v) is 16.6. The Hall–Kier alpha value is -1.67. The maximum atomic E-state index is 12.7. The normalized spacial score (nSPS) is 21.0. The van der Waals surface area contributed by atoms with Crippen molar-refractivity contribution in [2.24, 2.45) is 0 Å². The number of likely N-dealkylation sites (tertiary alicyclic amines) is 2. The van der Waals surface area contributed by atoms with E-state index in [4.69, 9.17) is 0 Å². The van der Waals surface area contributed by atoms with Gasteiger partial charge in [0.1, 0.15) is 5.69 Å². The fourth-order valence-electron chi connectivity index (χ4n) is 3.78. The molecule has 8 heteroatoms. The molecule has 2 saturated heterocycles. The molecule has 1 aromatic heterocycles. The summed E-state index contributed by atoms with van der Waals surface area (Å²) in [6, 6.07) is 0.118. The summed E-state index contributed by atoms with van der Waals surface area (Å²) in [7, 11) is 3.59. The topological polar surface area (TPSA) is 60.0 Å². The van der Waals surface area contributed by atoms with Crippen molar-refractivity contribution in [3.05, 3.63) is 16.6 Å². The molecule has 0 spiro atoms. The quantitative estimate of drug-likeness (QED) is 0.783. The molecule has 1 aromatic rings. The van der Waals surface area contributed by atoms with E-state index >= 15 is 0 Å². The van der Waals surface area contributed by atoms with E-state index in [1.54, 1.807) is 29.9 Å². The second-order valence-electron chi connectivity index (χ2n) is 7.34. The highest BCUT2D eigenvalue weighted by Crippen LogP contribution is 2.20. The van der Waals surface area contributed by atoms with Crippen LogP contribution in [0.25, 0.3) is 0 Å². The molecule has 0 saturated carbocycles. The Morgan fingerprint density at radius 3 is 2.65 bits per heavy atom. The lowest BCUT2D eigenvalue weighted by atomic mass is 10.1. The molecule has 7 nitrogen and oxygen atoms in total. The fourth-order valence-corrected chi connectivity index (χ4v) is 4.31. The monoisotopic (exact) mass is 379 g/mol. The van der Waals surface area contributed by atoms with E-state index in [9.17, 15) is 9.59 Å². The van der Waals surface area contributed by atoms with Crippen LogP contribution in [0, 0.1) is 0 Å². The molecule has 0 bridgehead atoms. The summed E-state index contributed by atoms with van der Waals surface area (Å²) in [5, 5.41) is 1.79. The van der Waals surface area contributed by atoms with Crippen LogP contribution in [0.3, 0.4) is 0 Å². The number of piperidine rings is 1. The zero-order valence-electron chi connectivity index (χ0n) is 15.8. The van der Waals surface area contributed by atoms with E-state index in [0.717, 1.165) is 32.6 Å². The van der Waals surface area contributed by atoms with Crippen molar-refractivity contribution < 1.29 is 9.59 Å². The van der Waals surface area contributed by atoms with Gasteiger partial charge in [-0.05, 0) is 32.4 Å². The van der Waals surface area contributed by atoms with Gasteiger partial charge in [-0.15, -0.1) is 11.3 Å². The van der Waals surface area contributed by atoms with E-state index in [-0.39, 0.29) is 18.0 Å². The van der Waals surface area contributed by atoms with E-state index in [1.807, 2.05) is 9.80 Å². The molecule has 1 unspecified atom stereocenters. The minimum atomic E-state index is -0.0259. The third-order valence-electron chi connectivity index (χ3n) is 5.28. The summed E-state index contributed by atoms with van der Waals surface area (Å²) in [6.45, 7) is 5.17. The predicted octanol–water partition coefficient (Wildman–Crippen LogP) is 1.83. The highest BCUT2D eigenvalue weighted by Gasteiger charge is 2.34. The molecule has 0 aliphatic carbocycles. The van der Waals surface area contributed by atoms with E-state index in [0.29, 0.717) is 18.8 Å². The predicted molar refractivity (Wildman–Crippen MR) is 103 cm³/mol. The number of rotatable bonds is 5. The highest BCUT2D eigenvalue weighted by atomic mass is 32.1. The van der Waals surface area contributed by atoms with E-state index in [1.165, 1.54) is 30.6 Å². The van der Waals surface area contributed by atoms with Crippen LogP contribution < -0.4 is 0 Å². The third-order valence-corrected chi connectivity index (χ3v) is 5.86. The van der Waals surface area contributed by atoms with Gasteiger partial charge in [-0.25, -0.2) is 9.78 Å². The Bertz CT molecular complexity index is 601. The maximum absolute atomic E-state index is 12.7. The molecule has 3 amide bonds. The Labute approximate surface area is 159 Å². The third kappa shape index (κ3) is 4.54. The van der Waals surface area contributed by atoms with Gasteiger partial charge in [0, 0.05) is 45.7 Å². The number of urea groups is 1. The Balaban J connectivity index is 1.61. The number of aromatic nitrogens is 1. The molecule has 144 valence electrons. The van der Waals surface area contributed by atoms with Crippen molar-refractivity contribution in [3.8, 4) is 0 Å².